The van der Waals surface area contributed by atoms with Gasteiger partial charge in [-0.2, -0.15) is 0 Å². The van der Waals surface area contributed by atoms with Crippen LogP contribution in [0.25, 0.3) is 0 Å². The summed E-state index contributed by atoms with van der Waals surface area (Å²) in [5, 5.41) is 3.45. The standard InChI is InChI=1S/C22H16ClNO3/c23-17-9-10-19-16(11-17)13-20(27-19)22(26)24-18-8-4-7-15(12-18)21(25)14-5-2-1-3-6-14/h1-12,20H,13H2,(H,24,26). The fourth-order valence-corrected chi connectivity index (χ4v) is 3.28. The molecule has 0 aromatic heterocycles. The summed E-state index contributed by atoms with van der Waals surface area (Å²) in [6.45, 7) is 0. The summed E-state index contributed by atoms with van der Waals surface area (Å²) < 4.78 is 5.71. The first-order chi connectivity index (χ1) is 13.1. The molecule has 1 N–H and O–H groups in total. The molecule has 134 valence electrons. The Morgan fingerprint density at radius 2 is 1.70 bits per heavy atom. The smallest absolute Gasteiger partial charge is 0.265 e. The van der Waals surface area contributed by atoms with Crippen LogP contribution in [0.15, 0.2) is 72.8 Å². The van der Waals surface area contributed by atoms with Crippen molar-refractivity contribution in [3.8, 4) is 5.75 Å². The molecule has 1 amide bonds. The van der Waals surface area contributed by atoms with Crippen LogP contribution < -0.4 is 10.1 Å². The van der Waals surface area contributed by atoms with Crippen molar-refractivity contribution in [2.75, 3.05) is 5.32 Å². The second-order valence-corrected chi connectivity index (χ2v) is 6.76. The third-order valence-corrected chi connectivity index (χ3v) is 4.65. The molecule has 0 saturated carbocycles. The molecule has 1 aliphatic heterocycles. The number of fused-ring (bicyclic) bond motifs is 1. The molecule has 4 rings (SSSR count). The van der Waals surface area contributed by atoms with Crippen molar-refractivity contribution in [1.29, 1.82) is 0 Å². The highest BCUT2D eigenvalue weighted by atomic mass is 35.5. The van der Waals surface area contributed by atoms with Gasteiger partial charge in [-0.15, -0.1) is 0 Å². The van der Waals surface area contributed by atoms with E-state index in [4.69, 9.17) is 16.3 Å². The van der Waals surface area contributed by atoms with Gasteiger partial charge in [-0.1, -0.05) is 54.1 Å². The molecule has 1 aliphatic rings. The van der Waals surface area contributed by atoms with Crippen molar-refractivity contribution in [2.24, 2.45) is 0 Å². The number of nitrogens with one attached hydrogen (secondary N) is 1. The average molecular weight is 378 g/mol. The molecule has 1 unspecified atom stereocenters. The Kier molecular flexibility index (Phi) is 4.65. The Morgan fingerprint density at radius 1 is 0.926 bits per heavy atom. The second kappa shape index (κ2) is 7.25. The fourth-order valence-electron chi connectivity index (χ4n) is 3.08. The number of ketones is 1. The lowest BCUT2D eigenvalue weighted by Gasteiger charge is -2.12. The Balaban J connectivity index is 1.47. The van der Waals surface area contributed by atoms with Crippen LogP contribution in [-0.2, 0) is 11.2 Å². The maximum atomic E-state index is 12.6. The number of benzene rings is 3. The third-order valence-electron chi connectivity index (χ3n) is 4.42. The molecule has 0 fully saturated rings. The van der Waals surface area contributed by atoms with Crippen LogP contribution in [0.1, 0.15) is 21.5 Å². The molecule has 3 aromatic carbocycles. The van der Waals surface area contributed by atoms with Gasteiger partial charge >= 0.3 is 0 Å². The van der Waals surface area contributed by atoms with Gasteiger partial charge in [0.1, 0.15) is 5.75 Å². The molecule has 0 aliphatic carbocycles. The SMILES string of the molecule is O=C(c1ccccc1)c1cccc(NC(=O)C2Cc3cc(Cl)ccc3O2)c1. The number of ether oxygens (including phenoxy) is 1. The van der Waals surface area contributed by atoms with Crippen molar-refractivity contribution in [1.82, 2.24) is 0 Å². The van der Waals surface area contributed by atoms with Gasteiger partial charge in [0.15, 0.2) is 11.9 Å². The van der Waals surface area contributed by atoms with Gasteiger partial charge in [-0.05, 0) is 35.9 Å². The highest BCUT2D eigenvalue weighted by Gasteiger charge is 2.29. The van der Waals surface area contributed by atoms with Gasteiger partial charge in [0, 0.05) is 28.3 Å². The zero-order valence-electron chi connectivity index (χ0n) is 14.3. The summed E-state index contributed by atoms with van der Waals surface area (Å²) in [5.74, 6) is 0.324. The molecule has 4 nitrogen and oxygen atoms in total. The Morgan fingerprint density at radius 3 is 2.52 bits per heavy atom. The van der Waals surface area contributed by atoms with Crippen LogP contribution in [0.2, 0.25) is 5.02 Å². The number of rotatable bonds is 4. The molecule has 5 heteroatoms. The Hall–Kier alpha value is -3.11. The van der Waals surface area contributed by atoms with E-state index in [1.165, 1.54) is 0 Å². The summed E-state index contributed by atoms with van der Waals surface area (Å²) in [6, 6.07) is 21.2. The molecule has 1 atom stereocenters. The van der Waals surface area contributed by atoms with E-state index in [1.807, 2.05) is 24.3 Å². The summed E-state index contributed by atoms with van der Waals surface area (Å²) in [5.41, 5.74) is 2.59. The van der Waals surface area contributed by atoms with Crippen LogP contribution in [0.3, 0.4) is 0 Å². The lowest BCUT2D eigenvalue weighted by molar-refractivity contribution is -0.122. The predicted molar refractivity (Wildman–Crippen MR) is 105 cm³/mol. The normalized spacial score (nSPS) is 14.9. The van der Waals surface area contributed by atoms with Crippen molar-refractivity contribution in [3.05, 3.63) is 94.5 Å². The van der Waals surface area contributed by atoms with Crippen molar-refractivity contribution in [3.63, 3.8) is 0 Å². The molecule has 0 saturated heterocycles. The minimum Gasteiger partial charge on any atom is -0.480 e. The third kappa shape index (κ3) is 3.71. The van der Waals surface area contributed by atoms with Crippen LogP contribution in [0, 0.1) is 0 Å². The van der Waals surface area contributed by atoms with E-state index in [1.54, 1.807) is 48.5 Å². The molecular weight excluding hydrogens is 362 g/mol. The number of carbonyl (C=O) groups excluding carboxylic acids is 2. The van der Waals surface area contributed by atoms with Gasteiger partial charge in [-0.3, -0.25) is 9.59 Å². The summed E-state index contributed by atoms with van der Waals surface area (Å²) >= 11 is 5.99. The van der Waals surface area contributed by atoms with Gasteiger partial charge in [0.05, 0.1) is 0 Å². The number of hydrogen-bond donors (Lipinski definition) is 1. The number of amides is 1. The predicted octanol–water partition coefficient (Wildman–Crippen LogP) is 4.51. The van der Waals surface area contributed by atoms with Crippen LogP contribution in [-0.4, -0.2) is 17.8 Å². The van der Waals surface area contributed by atoms with Crippen molar-refractivity contribution < 1.29 is 14.3 Å². The van der Waals surface area contributed by atoms with E-state index in [-0.39, 0.29) is 11.7 Å². The first kappa shape index (κ1) is 17.3. The lowest BCUT2D eigenvalue weighted by Crippen LogP contribution is -2.31. The summed E-state index contributed by atoms with van der Waals surface area (Å²) in [6.07, 6.45) is -0.156. The zero-order chi connectivity index (χ0) is 18.8. The molecule has 0 bridgehead atoms. The van der Waals surface area contributed by atoms with E-state index >= 15 is 0 Å². The van der Waals surface area contributed by atoms with Gasteiger partial charge < -0.3 is 10.1 Å². The summed E-state index contributed by atoms with van der Waals surface area (Å²) in [4.78, 5) is 25.1. The van der Waals surface area contributed by atoms with Gasteiger partial charge in [0.2, 0.25) is 0 Å². The topological polar surface area (TPSA) is 55.4 Å². The quantitative estimate of drug-likeness (QED) is 0.680. The minimum atomic E-state index is -0.619. The highest BCUT2D eigenvalue weighted by Crippen LogP contribution is 2.31. The molecule has 1 heterocycles. The number of halogens is 1. The number of carbonyl (C=O) groups is 2. The van der Waals surface area contributed by atoms with E-state index < -0.39 is 6.10 Å². The monoisotopic (exact) mass is 377 g/mol. The van der Waals surface area contributed by atoms with Gasteiger partial charge in [0.25, 0.3) is 5.91 Å². The summed E-state index contributed by atoms with van der Waals surface area (Å²) in [7, 11) is 0. The zero-order valence-corrected chi connectivity index (χ0v) is 15.1. The molecule has 0 spiro atoms. The average Bonchev–Trinajstić information content (AvgIpc) is 3.11. The van der Waals surface area contributed by atoms with Crippen LogP contribution in [0.5, 0.6) is 5.75 Å². The molecule has 27 heavy (non-hydrogen) atoms. The Bertz CT molecular complexity index is 1020. The first-order valence-electron chi connectivity index (χ1n) is 8.56. The van der Waals surface area contributed by atoms with Gasteiger partial charge in [-0.25, -0.2) is 0 Å². The maximum Gasteiger partial charge on any atom is 0.265 e. The van der Waals surface area contributed by atoms with Crippen molar-refractivity contribution >= 4 is 29.0 Å². The van der Waals surface area contributed by atoms with Crippen molar-refractivity contribution in [2.45, 2.75) is 12.5 Å². The second-order valence-electron chi connectivity index (χ2n) is 6.33. The van der Waals surface area contributed by atoms with Crippen LogP contribution >= 0.6 is 11.6 Å². The van der Waals surface area contributed by atoms with E-state index in [0.29, 0.717) is 34.0 Å². The number of anilines is 1. The Labute approximate surface area is 161 Å². The number of hydrogen-bond acceptors (Lipinski definition) is 3. The first-order valence-corrected chi connectivity index (χ1v) is 8.94. The largest absolute Gasteiger partial charge is 0.480 e. The van der Waals surface area contributed by atoms with E-state index in [0.717, 1.165) is 5.56 Å². The minimum absolute atomic E-state index is 0.0918. The maximum absolute atomic E-state index is 12.6. The lowest BCUT2D eigenvalue weighted by atomic mass is 10.0. The van der Waals surface area contributed by atoms with E-state index in [9.17, 15) is 9.59 Å². The molecule has 0 radical (unpaired) electrons. The fraction of sp³-hybridized carbons (Fsp3) is 0.0909. The van der Waals surface area contributed by atoms with E-state index in [2.05, 4.69) is 5.32 Å². The molecule has 3 aromatic rings. The van der Waals surface area contributed by atoms with Crippen LogP contribution in [0.4, 0.5) is 5.69 Å². The molecular formula is C22H16ClNO3. The highest BCUT2D eigenvalue weighted by molar-refractivity contribution is 6.30.